The second-order valence-corrected chi connectivity index (χ2v) is 7.00. The zero-order valence-electron chi connectivity index (χ0n) is 12.3. The van der Waals surface area contributed by atoms with Crippen LogP contribution < -0.4 is 10.5 Å². The SMILES string of the molecule is Cc1cc(Cl)c(OCC2CCC2)c(C2(N)CCCC2)c1. The fourth-order valence-corrected chi connectivity index (χ4v) is 3.71. The summed E-state index contributed by atoms with van der Waals surface area (Å²) in [5.41, 5.74) is 8.68. The molecule has 2 fully saturated rings. The van der Waals surface area contributed by atoms with Crippen LogP contribution in [-0.4, -0.2) is 6.61 Å². The van der Waals surface area contributed by atoms with E-state index in [0.717, 1.165) is 41.3 Å². The van der Waals surface area contributed by atoms with Gasteiger partial charge in [0, 0.05) is 11.1 Å². The van der Waals surface area contributed by atoms with Gasteiger partial charge in [0.25, 0.3) is 0 Å². The minimum Gasteiger partial charge on any atom is -0.491 e. The largest absolute Gasteiger partial charge is 0.491 e. The summed E-state index contributed by atoms with van der Waals surface area (Å²) in [7, 11) is 0. The Morgan fingerprint density at radius 3 is 2.55 bits per heavy atom. The number of hydrogen-bond donors (Lipinski definition) is 1. The molecule has 0 atom stereocenters. The highest BCUT2D eigenvalue weighted by Gasteiger charge is 2.35. The van der Waals surface area contributed by atoms with Crippen molar-refractivity contribution in [2.45, 2.75) is 57.4 Å². The summed E-state index contributed by atoms with van der Waals surface area (Å²) in [4.78, 5) is 0. The van der Waals surface area contributed by atoms with Crippen LogP contribution in [0.1, 0.15) is 56.1 Å². The van der Waals surface area contributed by atoms with Gasteiger partial charge in [-0.25, -0.2) is 0 Å². The zero-order valence-corrected chi connectivity index (χ0v) is 13.0. The quantitative estimate of drug-likeness (QED) is 0.883. The van der Waals surface area contributed by atoms with E-state index in [9.17, 15) is 0 Å². The molecule has 2 nitrogen and oxygen atoms in total. The first kappa shape index (κ1) is 14.2. The first-order valence-corrected chi connectivity index (χ1v) is 8.18. The van der Waals surface area contributed by atoms with E-state index in [2.05, 4.69) is 13.0 Å². The molecule has 0 aromatic heterocycles. The van der Waals surface area contributed by atoms with Crippen LogP contribution in [0.5, 0.6) is 5.75 Å². The van der Waals surface area contributed by atoms with Crippen molar-refractivity contribution in [2.24, 2.45) is 11.7 Å². The van der Waals surface area contributed by atoms with Crippen molar-refractivity contribution in [3.8, 4) is 5.75 Å². The van der Waals surface area contributed by atoms with Crippen LogP contribution in [0.2, 0.25) is 5.02 Å². The molecule has 1 aromatic carbocycles. The lowest BCUT2D eigenvalue weighted by Crippen LogP contribution is -2.34. The molecule has 2 aliphatic carbocycles. The summed E-state index contributed by atoms with van der Waals surface area (Å²) < 4.78 is 6.09. The van der Waals surface area contributed by atoms with Crippen LogP contribution in [0.4, 0.5) is 0 Å². The number of rotatable bonds is 4. The third-order valence-electron chi connectivity index (χ3n) is 4.91. The summed E-state index contributed by atoms with van der Waals surface area (Å²) in [6.07, 6.45) is 8.37. The normalized spacial score (nSPS) is 21.8. The van der Waals surface area contributed by atoms with Crippen molar-refractivity contribution in [3.05, 3.63) is 28.3 Å². The van der Waals surface area contributed by atoms with Gasteiger partial charge in [-0.2, -0.15) is 0 Å². The molecular formula is C17H24ClNO. The topological polar surface area (TPSA) is 35.2 Å². The van der Waals surface area contributed by atoms with Crippen LogP contribution in [0.15, 0.2) is 12.1 Å². The van der Waals surface area contributed by atoms with Crippen molar-refractivity contribution in [2.75, 3.05) is 6.61 Å². The summed E-state index contributed by atoms with van der Waals surface area (Å²) >= 11 is 6.44. The molecule has 110 valence electrons. The van der Waals surface area contributed by atoms with E-state index in [1.807, 2.05) is 6.07 Å². The van der Waals surface area contributed by atoms with Crippen LogP contribution in [0, 0.1) is 12.8 Å². The highest BCUT2D eigenvalue weighted by atomic mass is 35.5. The first-order valence-electron chi connectivity index (χ1n) is 7.81. The molecule has 3 heteroatoms. The molecule has 0 radical (unpaired) electrons. The Labute approximate surface area is 126 Å². The summed E-state index contributed by atoms with van der Waals surface area (Å²) in [6.45, 7) is 2.86. The molecule has 2 saturated carbocycles. The molecule has 3 rings (SSSR count). The van der Waals surface area contributed by atoms with Gasteiger partial charge >= 0.3 is 0 Å². The standard InChI is InChI=1S/C17H24ClNO/c1-12-9-14(17(19)7-2-3-8-17)16(15(18)10-12)20-11-13-5-4-6-13/h9-10,13H,2-8,11,19H2,1H3. The van der Waals surface area contributed by atoms with Gasteiger partial charge in [-0.15, -0.1) is 0 Å². The Morgan fingerprint density at radius 2 is 1.95 bits per heavy atom. The number of nitrogens with two attached hydrogens (primary N) is 1. The van der Waals surface area contributed by atoms with Gasteiger partial charge in [0.2, 0.25) is 0 Å². The van der Waals surface area contributed by atoms with Crippen LogP contribution in [0.25, 0.3) is 0 Å². The molecule has 2 N–H and O–H groups in total. The molecule has 0 spiro atoms. The van der Waals surface area contributed by atoms with Gasteiger partial charge in [-0.3, -0.25) is 0 Å². The van der Waals surface area contributed by atoms with E-state index in [-0.39, 0.29) is 5.54 Å². The summed E-state index contributed by atoms with van der Waals surface area (Å²) in [5, 5.41) is 0.719. The van der Waals surface area contributed by atoms with Crippen molar-refractivity contribution in [1.29, 1.82) is 0 Å². The summed E-state index contributed by atoms with van der Waals surface area (Å²) in [6, 6.07) is 4.16. The fourth-order valence-electron chi connectivity index (χ4n) is 3.38. The lowest BCUT2D eigenvalue weighted by molar-refractivity contribution is 0.177. The van der Waals surface area contributed by atoms with E-state index in [0.29, 0.717) is 5.92 Å². The molecule has 0 heterocycles. The highest BCUT2D eigenvalue weighted by Crippen LogP contribution is 2.44. The average molecular weight is 294 g/mol. The molecule has 0 unspecified atom stereocenters. The maximum Gasteiger partial charge on any atom is 0.142 e. The molecule has 0 aliphatic heterocycles. The van der Waals surface area contributed by atoms with E-state index >= 15 is 0 Å². The van der Waals surface area contributed by atoms with Gasteiger partial charge in [-0.05, 0) is 50.2 Å². The molecule has 2 aliphatic rings. The van der Waals surface area contributed by atoms with Gasteiger partial charge in [-0.1, -0.05) is 36.9 Å². The fraction of sp³-hybridized carbons (Fsp3) is 0.647. The van der Waals surface area contributed by atoms with E-state index in [1.165, 1.54) is 32.1 Å². The Bertz CT molecular complexity index is 490. The summed E-state index contributed by atoms with van der Waals surface area (Å²) in [5.74, 6) is 1.55. The number of halogens is 1. The van der Waals surface area contributed by atoms with Gasteiger partial charge in [0.05, 0.1) is 11.6 Å². The Morgan fingerprint density at radius 1 is 1.25 bits per heavy atom. The third-order valence-corrected chi connectivity index (χ3v) is 5.19. The van der Waals surface area contributed by atoms with Crippen LogP contribution in [-0.2, 0) is 5.54 Å². The van der Waals surface area contributed by atoms with E-state index in [1.54, 1.807) is 0 Å². The second-order valence-electron chi connectivity index (χ2n) is 6.59. The maximum absolute atomic E-state index is 6.63. The second kappa shape index (κ2) is 5.57. The number of aryl methyl sites for hydroxylation is 1. The number of ether oxygens (including phenoxy) is 1. The minimum atomic E-state index is -0.245. The lowest BCUT2D eigenvalue weighted by atomic mass is 9.86. The van der Waals surface area contributed by atoms with Gasteiger partial charge < -0.3 is 10.5 Å². The predicted octanol–water partition coefficient (Wildman–Crippen LogP) is 4.56. The Kier molecular flexibility index (Phi) is 3.96. The average Bonchev–Trinajstić information content (AvgIpc) is 2.77. The molecule has 20 heavy (non-hydrogen) atoms. The predicted molar refractivity (Wildman–Crippen MR) is 83.4 cm³/mol. The third kappa shape index (κ3) is 2.68. The van der Waals surface area contributed by atoms with Crippen molar-refractivity contribution >= 4 is 11.6 Å². The van der Waals surface area contributed by atoms with Crippen LogP contribution >= 0.6 is 11.6 Å². The minimum absolute atomic E-state index is 0.245. The number of hydrogen-bond acceptors (Lipinski definition) is 2. The monoisotopic (exact) mass is 293 g/mol. The van der Waals surface area contributed by atoms with Crippen LogP contribution in [0.3, 0.4) is 0 Å². The first-order chi connectivity index (χ1) is 9.58. The molecule has 0 amide bonds. The number of benzene rings is 1. The molecular weight excluding hydrogens is 270 g/mol. The zero-order chi connectivity index (χ0) is 14.2. The van der Waals surface area contributed by atoms with E-state index < -0.39 is 0 Å². The van der Waals surface area contributed by atoms with Gasteiger partial charge in [0.15, 0.2) is 0 Å². The lowest BCUT2D eigenvalue weighted by Gasteiger charge is -2.30. The highest BCUT2D eigenvalue weighted by molar-refractivity contribution is 6.32. The van der Waals surface area contributed by atoms with Crippen molar-refractivity contribution < 1.29 is 4.74 Å². The molecule has 0 bridgehead atoms. The van der Waals surface area contributed by atoms with Crippen molar-refractivity contribution in [1.82, 2.24) is 0 Å². The van der Waals surface area contributed by atoms with E-state index in [4.69, 9.17) is 22.1 Å². The van der Waals surface area contributed by atoms with Gasteiger partial charge in [0.1, 0.15) is 5.75 Å². The van der Waals surface area contributed by atoms with Crippen molar-refractivity contribution in [3.63, 3.8) is 0 Å². The Hall–Kier alpha value is -0.730. The smallest absolute Gasteiger partial charge is 0.142 e. The molecule has 0 saturated heterocycles. The maximum atomic E-state index is 6.63. The molecule has 1 aromatic rings. The Balaban J connectivity index is 1.89.